The highest BCUT2D eigenvalue weighted by molar-refractivity contribution is 5.91. The number of nitrogens with zero attached hydrogens (tertiary/aromatic N) is 2. The molecule has 1 aromatic heterocycles. The zero-order valence-electron chi connectivity index (χ0n) is 19.2. The van der Waals surface area contributed by atoms with Gasteiger partial charge in [0.05, 0.1) is 28.6 Å². The second-order valence-corrected chi connectivity index (χ2v) is 9.50. The van der Waals surface area contributed by atoms with E-state index in [4.69, 9.17) is 12.2 Å². The van der Waals surface area contributed by atoms with Crippen LogP contribution in [0.15, 0.2) is 41.9 Å². The van der Waals surface area contributed by atoms with Crippen molar-refractivity contribution in [3.8, 4) is 12.3 Å². The smallest absolute Gasteiger partial charge is 0.113 e. The summed E-state index contributed by atoms with van der Waals surface area (Å²) in [5, 5.41) is 24.1. The lowest BCUT2D eigenvalue weighted by atomic mass is 9.71. The topological polar surface area (TPSA) is 104 Å². The molecule has 0 saturated heterocycles. The van der Waals surface area contributed by atoms with Crippen LogP contribution in [0.5, 0.6) is 0 Å². The Morgan fingerprint density at radius 1 is 1.28 bits per heavy atom. The highest BCUT2D eigenvalue weighted by atomic mass is 16.3. The van der Waals surface area contributed by atoms with Crippen molar-refractivity contribution < 1.29 is 10.2 Å². The zero-order chi connectivity index (χ0) is 23.7. The van der Waals surface area contributed by atoms with Gasteiger partial charge in [0.15, 0.2) is 0 Å². The number of hydrogen-bond acceptors (Lipinski definition) is 6. The molecule has 1 heterocycles. The molecule has 1 saturated carbocycles. The predicted octanol–water partition coefficient (Wildman–Crippen LogP) is 3.92. The zero-order valence-corrected chi connectivity index (χ0v) is 19.2. The number of anilines is 2. The highest BCUT2D eigenvalue weighted by Gasteiger charge is 2.38. The lowest BCUT2D eigenvalue weighted by Gasteiger charge is -2.40. The van der Waals surface area contributed by atoms with Crippen LogP contribution in [0.25, 0.3) is 5.70 Å². The minimum absolute atomic E-state index is 0.168. The van der Waals surface area contributed by atoms with E-state index in [0.717, 1.165) is 18.4 Å². The van der Waals surface area contributed by atoms with Crippen molar-refractivity contribution >= 4 is 23.3 Å². The minimum Gasteiger partial charge on any atom is -0.398 e. The number of nitrogen functional groups attached to an aromatic ring is 1. The number of benzene rings is 1. The van der Waals surface area contributed by atoms with Crippen molar-refractivity contribution in [3.05, 3.63) is 59.4 Å². The van der Waals surface area contributed by atoms with Crippen LogP contribution in [0, 0.1) is 18.3 Å². The number of aromatic nitrogens is 1. The number of aliphatic hydroxyl groups is 2. The maximum atomic E-state index is 10.7. The molecule has 1 aliphatic rings. The predicted molar refractivity (Wildman–Crippen MR) is 131 cm³/mol. The average Bonchev–Trinajstić information content (AvgIpc) is 2.66. The van der Waals surface area contributed by atoms with E-state index in [1.165, 1.54) is 0 Å². The number of rotatable bonds is 7. The van der Waals surface area contributed by atoms with Crippen LogP contribution < -0.4 is 11.1 Å². The summed E-state index contributed by atoms with van der Waals surface area (Å²) in [6.07, 6.45) is 8.92. The van der Waals surface area contributed by atoms with E-state index in [1.807, 2.05) is 32.0 Å². The van der Waals surface area contributed by atoms with Crippen LogP contribution in [0.3, 0.4) is 0 Å². The van der Waals surface area contributed by atoms with Gasteiger partial charge in [0.2, 0.25) is 0 Å². The van der Waals surface area contributed by atoms with Crippen molar-refractivity contribution in [2.75, 3.05) is 11.1 Å². The third kappa shape index (κ3) is 5.37. The van der Waals surface area contributed by atoms with E-state index in [0.29, 0.717) is 34.0 Å². The van der Waals surface area contributed by atoms with Gasteiger partial charge in [-0.3, -0.25) is 4.99 Å². The maximum absolute atomic E-state index is 10.7. The van der Waals surface area contributed by atoms with Gasteiger partial charge in [0.1, 0.15) is 5.69 Å². The Morgan fingerprint density at radius 2 is 1.97 bits per heavy atom. The monoisotopic (exact) mass is 432 g/mol. The van der Waals surface area contributed by atoms with E-state index < -0.39 is 11.2 Å². The summed E-state index contributed by atoms with van der Waals surface area (Å²) < 4.78 is 0. The lowest BCUT2D eigenvalue weighted by Crippen LogP contribution is -2.42. The maximum Gasteiger partial charge on any atom is 0.113 e. The second-order valence-electron chi connectivity index (χ2n) is 9.50. The number of hydrogen-bond donors (Lipinski definition) is 4. The molecular weight excluding hydrogens is 400 g/mol. The Bertz CT molecular complexity index is 1080. The molecular formula is C26H32N4O2. The molecule has 1 aliphatic carbocycles. The first-order valence-electron chi connectivity index (χ1n) is 10.7. The van der Waals surface area contributed by atoms with Crippen LogP contribution in [-0.2, 0) is 5.60 Å². The fourth-order valence-electron chi connectivity index (χ4n) is 3.74. The number of aliphatic imine (C=N–C) groups is 1. The van der Waals surface area contributed by atoms with Gasteiger partial charge < -0.3 is 21.3 Å². The Hall–Kier alpha value is -3.14. The number of nitrogens with one attached hydrogen (secondary N) is 1. The van der Waals surface area contributed by atoms with Gasteiger partial charge in [-0.25, -0.2) is 4.98 Å². The molecule has 0 unspecified atom stereocenters. The van der Waals surface area contributed by atoms with Gasteiger partial charge in [-0.05, 0) is 70.7 Å². The molecule has 0 bridgehead atoms. The van der Waals surface area contributed by atoms with E-state index >= 15 is 0 Å². The molecule has 2 aromatic rings. The molecule has 0 atom stereocenters. The van der Waals surface area contributed by atoms with Crippen molar-refractivity contribution in [2.24, 2.45) is 10.9 Å². The first-order valence-corrected chi connectivity index (χ1v) is 10.7. The molecule has 6 nitrogen and oxygen atoms in total. The molecule has 1 fully saturated rings. The van der Waals surface area contributed by atoms with Crippen LogP contribution in [0.1, 0.15) is 63.1 Å². The lowest BCUT2D eigenvalue weighted by molar-refractivity contribution is -0.0254. The van der Waals surface area contributed by atoms with Gasteiger partial charge >= 0.3 is 0 Å². The average molecular weight is 433 g/mol. The number of terminal acetylenes is 1. The third-order valence-corrected chi connectivity index (χ3v) is 5.91. The number of pyridine rings is 1. The van der Waals surface area contributed by atoms with Gasteiger partial charge in [0, 0.05) is 28.7 Å². The largest absolute Gasteiger partial charge is 0.398 e. The summed E-state index contributed by atoms with van der Waals surface area (Å²) in [4.78, 5) is 9.05. The molecule has 32 heavy (non-hydrogen) atoms. The molecule has 1 aromatic carbocycles. The Labute approximate surface area is 190 Å². The molecule has 5 N–H and O–H groups in total. The van der Waals surface area contributed by atoms with Crippen molar-refractivity contribution in [3.63, 3.8) is 0 Å². The quantitative estimate of drug-likeness (QED) is 0.302. The van der Waals surface area contributed by atoms with E-state index in [9.17, 15) is 10.2 Å². The van der Waals surface area contributed by atoms with E-state index in [2.05, 4.69) is 27.8 Å². The summed E-state index contributed by atoms with van der Waals surface area (Å²) in [5.74, 6) is 2.78. The SMILES string of the molecule is C#Cc1cccc(C(=C)Nc2cc(C=NC3CC(C(C)(C)O)C3)c(N)cc2C(C)(C)O)n1. The summed E-state index contributed by atoms with van der Waals surface area (Å²) >= 11 is 0. The fraction of sp³-hybridized carbons (Fsp3) is 0.385. The summed E-state index contributed by atoms with van der Waals surface area (Å²) in [7, 11) is 0. The van der Waals surface area contributed by atoms with Crippen LogP contribution >= 0.6 is 0 Å². The van der Waals surface area contributed by atoms with Gasteiger partial charge in [-0.2, -0.15) is 0 Å². The number of nitrogens with two attached hydrogens (primary N) is 1. The first-order chi connectivity index (χ1) is 14.9. The molecule has 0 spiro atoms. The van der Waals surface area contributed by atoms with Crippen molar-refractivity contribution in [1.29, 1.82) is 0 Å². The molecule has 0 amide bonds. The first kappa shape index (κ1) is 23.5. The van der Waals surface area contributed by atoms with Crippen LogP contribution in [0.2, 0.25) is 0 Å². The van der Waals surface area contributed by atoms with E-state index in [-0.39, 0.29) is 12.0 Å². The fourth-order valence-corrected chi connectivity index (χ4v) is 3.74. The molecule has 0 radical (unpaired) electrons. The molecule has 0 aliphatic heterocycles. The normalized spacial score (nSPS) is 18.8. The van der Waals surface area contributed by atoms with E-state index in [1.54, 1.807) is 32.2 Å². The van der Waals surface area contributed by atoms with Crippen LogP contribution in [-0.4, -0.2) is 33.1 Å². The second kappa shape index (κ2) is 8.78. The standard InChI is InChI=1S/C26H32N4O2/c1-7-19-9-8-10-23(30-19)16(2)29-24-11-17(22(27)14-21(24)26(5,6)32)15-28-20-12-18(13-20)25(3,4)31/h1,8-11,14-15,18,20,29,31-32H,2,12-13,27H2,3-6H3. The van der Waals surface area contributed by atoms with Gasteiger partial charge in [-0.1, -0.05) is 18.6 Å². The Kier molecular flexibility index (Phi) is 6.45. The third-order valence-electron chi connectivity index (χ3n) is 5.91. The summed E-state index contributed by atoms with van der Waals surface area (Å²) in [5.41, 5.74) is 8.70. The molecule has 3 rings (SSSR count). The van der Waals surface area contributed by atoms with Crippen molar-refractivity contribution in [2.45, 2.75) is 57.8 Å². The Morgan fingerprint density at radius 3 is 2.56 bits per heavy atom. The highest BCUT2D eigenvalue weighted by Crippen LogP contribution is 2.38. The Balaban J connectivity index is 1.86. The van der Waals surface area contributed by atoms with Crippen molar-refractivity contribution in [1.82, 2.24) is 4.98 Å². The molecule has 168 valence electrons. The van der Waals surface area contributed by atoms with Gasteiger partial charge in [0.25, 0.3) is 0 Å². The summed E-state index contributed by atoms with van der Waals surface area (Å²) in [6.45, 7) is 11.2. The van der Waals surface area contributed by atoms with Crippen LogP contribution in [0.4, 0.5) is 11.4 Å². The van der Waals surface area contributed by atoms with Gasteiger partial charge in [-0.15, -0.1) is 6.42 Å². The molecule has 6 heteroatoms. The minimum atomic E-state index is -1.13. The summed E-state index contributed by atoms with van der Waals surface area (Å²) in [6, 6.07) is 9.16.